The van der Waals surface area contributed by atoms with Crippen LogP contribution in [0.5, 0.6) is 0 Å². The highest BCUT2D eigenvalue weighted by molar-refractivity contribution is 5.79. The van der Waals surface area contributed by atoms with Gasteiger partial charge in [0.2, 0.25) is 5.91 Å². The maximum atomic E-state index is 13.4. The Morgan fingerprint density at radius 1 is 0.792 bits per heavy atom. The number of carbonyl (C=O) groups excluding carboxylic acids is 1. The van der Waals surface area contributed by atoms with Gasteiger partial charge < -0.3 is 10.6 Å². The number of carbonyl (C=O) groups is 1. The summed E-state index contributed by atoms with van der Waals surface area (Å²) in [5.74, 6) is 3.61. The number of amides is 1. The molecule has 0 aromatic carbocycles. The second-order valence-corrected chi connectivity index (χ2v) is 9.10. The van der Waals surface area contributed by atoms with Gasteiger partial charge in [0.1, 0.15) is 0 Å². The normalized spacial score (nSPS) is 35.3. The topological polar surface area (TPSA) is 41.1 Å². The summed E-state index contributed by atoms with van der Waals surface area (Å²) in [5, 5.41) is 7.10. The van der Waals surface area contributed by atoms with Crippen LogP contribution in [-0.2, 0) is 4.79 Å². The second kappa shape index (κ2) is 7.76. The van der Waals surface area contributed by atoms with Crippen molar-refractivity contribution in [2.75, 3.05) is 13.1 Å². The third-order valence-electron chi connectivity index (χ3n) is 7.70. The van der Waals surface area contributed by atoms with Crippen molar-refractivity contribution >= 4 is 5.91 Å². The molecule has 0 radical (unpaired) electrons. The van der Waals surface area contributed by atoms with Crippen LogP contribution >= 0.6 is 0 Å². The first-order valence-electron chi connectivity index (χ1n) is 10.8. The maximum absolute atomic E-state index is 13.4. The van der Waals surface area contributed by atoms with Crippen molar-refractivity contribution in [2.45, 2.75) is 83.1 Å². The molecule has 1 amide bonds. The van der Waals surface area contributed by atoms with Crippen LogP contribution in [0, 0.1) is 29.6 Å². The average molecular weight is 333 g/mol. The van der Waals surface area contributed by atoms with Crippen LogP contribution in [-0.4, -0.2) is 25.0 Å². The summed E-state index contributed by atoms with van der Waals surface area (Å²) in [6.45, 7) is 2.29. The summed E-state index contributed by atoms with van der Waals surface area (Å²) in [6.07, 6.45) is 15.9. The Hall–Kier alpha value is -0.570. The molecule has 4 rings (SSSR count). The Labute approximate surface area is 147 Å². The van der Waals surface area contributed by atoms with Gasteiger partial charge >= 0.3 is 0 Å². The highest BCUT2D eigenvalue weighted by Gasteiger charge is 2.42. The van der Waals surface area contributed by atoms with Gasteiger partial charge in [-0.2, -0.15) is 0 Å². The number of fused-ring (bicyclic) bond motifs is 1. The van der Waals surface area contributed by atoms with Gasteiger partial charge in [-0.15, -0.1) is 0 Å². The van der Waals surface area contributed by atoms with Crippen LogP contribution in [0.3, 0.4) is 0 Å². The van der Waals surface area contributed by atoms with Crippen LogP contribution in [0.4, 0.5) is 0 Å². The van der Waals surface area contributed by atoms with Gasteiger partial charge in [-0.3, -0.25) is 4.79 Å². The van der Waals surface area contributed by atoms with Crippen molar-refractivity contribution in [1.29, 1.82) is 0 Å². The third-order valence-corrected chi connectivity index (χ3v) is 7.70. The van der Waals surface area contributed by atoms with Crippen molar-refractivity contribution in [3.63, 3.8) is 0 Å². The Morgan fingerprint density at radius 3 is 2.04 bits per heavy atom. The molecule has 3 saturated carbocycles. The lowest BCUT2D eigenvalue weighted by atomic mass is 9.69. The first-order chi connectivity index (χ1) is 11.8. The lowest BCUT2D eigenvalue weighted by Gasteiger charge is -2.37. The van der Waals surface area contributed by atoms with Gasteiger partial charge in [0.15, 0.2) is 0 Å². The summed E-state index contributed by atoms with van der Waals surface area (Å²) in [6, 6.07) is 0.451. The highest BCUT2D eigenvalue weighted by Crippen LogP contribution is 2.41. The van der Waals surface area contributed by atoms with E-state index in [0.29, 0.717) is 35.6 Å². The van der Waals surface area contributed by atoms with Crippen LogP contribution in [0.1, 0.15) is 77.0 Å². The Balaban J connectivity index is 1.43. The Bertz CT molecular complexity index is 408. The molecule has 24 heavy (non-hydrogen) atoms. The predicted octanol–water partition coefficient (Wildman–Crippen LogP) is 3.88. The molecule has 4 fully saturated rings. The molecule has 2 N–H and O–H groups in total. The molecule has 4 aliphatic rings. The monoisotopic (exact) mass is 332 g/mol. The first kappa shape index (κ1) is 16.9. The van der Waals surface area contributed by atoms with E-state index < -0.39 is 0 Å². The molecule has 3 atom stereocenters. The van der Waals surface area contributed by atoms with E-state index in [9.17, 15) is 4.79 Å². The number of nitrogens with one attached hydrogen (secondary N) is 2. The molecule has 0 aromatic heterocycles. The minimum atomic E-state index is 0.319. The van der Waals surface area contributed by atoms with Gasteiger partial charge in [-0.05, 0) is 68.7 Å². The quantitative estimate of drug-likeness (QED) is 0.820. The third kappa shape index (κ3) is 3.52. The fraction of sp³-hybridized carbons (Fsp3) is 0.952. The van der Waals surface area contributed by atoms with E-state index in [1.165, 1.54) is 83.6 Å². The van der Waals surface area contributed by atoms with Crippen LogP contribution in [0.15, 0.2) is 0 Å². The van der Waals surface area contributed by atoms with Crippen molar-refractivity contribution < 1.29 is 4.79 Å². The molecule has 3 aliphatic carbocycles. The highest BCUT2D eigenvalue weighted by atomic mass is 16.2. The average Bonchev–Trinajstić information content (AvgIpc) is 3.22. The summed E-state index contributed by atoms with van der Waals surface area (Å²) in [7, 11) is 0. The maximum Gasteiger partial charge on any atom is 0.223 e. The van der Waals surface area contributed by atoms with Crippen molar-refractivity contribution in [3.05, 3.63) is 0 Å². The van der Waals surface area contributed by atoms with Crippen molar-refractivity contribution in [2.24, 2.45) is 29.6 Å². The van der Waals surface area contributed by atoms with E-state index in [1.54, 1.807) is 0 Å². The zero-order chi connectivity index (χ0) is 16.4. The number of rotatable bonds is 4. The minimum Gasteiger partial charge on any atom is -0.353 e. The molecule has 0 unspecified atom stereocenters. The summed E-state index contributed by atoms with van der Waals surface area (Å²) >= 11 is 0. The SMILES string of the molecule is O=C(N[C@@H]1CC[C@H]2CNC[C@H]21)C(C1CCCCC1)C1CCCCC1. The zero-order valence-electron chi connectivity index (χ0n) is 15.3. The van der Waals surface area contributed by atoms with Crippen LogP contribution in [0.25, 0.3) is 0 Å². The van der Waals surface area contributed by atoms with E-state index in [-0.39, 0.29) is 0 Å². The fourth-order valence-corrected chi connectivity index (χ4v) is 6.41. The molecule has 0 spiro atoms. The van der Waals surface area contributed by atoms with E-state index >= 15 is 0 Å². The molecule has 3 nitrogen and oxygen atoms in total. The van der Waals surface area contributed by atoms with Gasteiger partial charge in [0.05, 0.1) is 0 Å². The summed E-state index contributed by atoms with van der Waals surface area (Å²) < 4.78 is 0. The largest absolute Gasteiger partial charge is 0.353 e. The molecule has 3 heteroatoms. The van der Waals surface area contributed by atoms with Gasteiger partial charge in [0.25, 0.3) is 0 Å². The molecule has 0 bridgehead atoms. The lowest BCUT2D eigenvalue weighted by Crippen LogP contribution is -2.47. The van der Waals surface area contributed by atoms with Crippen LogP contribution in [0.2, 0.25) is 0 Å². The number of hydrogen-bond acceptors (Lipinski definition) is 2. The molecule has 1 aliphatic heterocycles. The predicted molar refractivity (Wildman–Crippen MR) is 97.7 cm³/mol. The Morgan fingerprint density at radius 2 is 1.42 bits per heavy atom. The smallest absolute Gasteiger partial charge is 0.223 e. The van der Waals surface area contributed by atoms with Crippen LogP contribution < -0.4 is 10.6 Å². The second-order valence-electron chi connectivity index (χ2n) is 9.10. The summed E-state index contributed by atoms with van der Waals surface area (Å²) in [4.78, 5) is 13.4. The van der Waals surface area contributed by atoms with Gasteiger partial charge in [0, 0.05) is 18.5 Å². The Kier molecular flexibility index (Phi) is 5.46. The molecule has 1 heterocycles. The van der Waals surface area contributed by atoms with E-state index in [0.717, 1.165) is 12.5 Å². The minimum absolute atomic E-state index is 0.319. The fourth-order valence-electron chi connectivity index (χ4n) is 6.41. The molecule has 1 saturated heterocycles. The van der Waals surface area contributed by atoms with Crippen molar-refractivity contribution in [3.8, 4) is 0 Å². The molecule has 0 aromatic rings. The molecular formula is C21H36N2O. The lowest BCUT2D eigenvalue weighted by molar-refractivity contribution is -0.131. The van der Waals surface area contributed by atoms with E-state index in [1.807, 2.05) is 0 Å². The van der Waals surface area contributed by atoms with E-state index in [4.69, 9.17) is 0 Å². The first-order valence-corrected chi connectivity index (χ1v) is 10.8. The number of hydrogen-bond donors (Lipinski definition) is 2. The van der Waals surface area contributed by atoms with E-state index in [2.05, 4.69) is 10.6 Å². The zero-order valence-corrected chi connectivity index (χ0v) is 15.3. The molecule has 136 valence electrons. The summed E-state index contributed by atoms with van der Waals surface area (Å²) in [5.41, 5.74) is 0. The van der Waals surface area contributed by atoms with Gasteiger partial charge in [-0.1, -0.05) is 38.5 Å². The van der Waals surface area contributed by atoms with Gasteiger partial charge in [-0.25, -0.2) is 0 Å². The standard InChI is InChI=1S/C21H36N2O/c24-21(23-19-12-11-17-13-22-14-18(17)19)20(15-7-3-1-4-8-15)16-9-5-2-6-10-16/h15-20,22H,1-14H2,(H,23,24)/t17-,18+,19+/m0/s1. The molecular weight excluding hydrogens is 296 g/mol. The van der Waals surface area contributed by atoms with Crippen molar-refractivity contribution in [1.82, 2.24) is 10.6 Å².